The van der Waals surface area contributed by atoms with Crippen LogP contribution in [0.15, 0.2) is 58.0 Å². The highest BCUT2D eigenvalue weighted by molar-refractivity contribution is 14.0. The smallest absolute Gasteiger partial charge is 0.248 e. The number of aliphatic imine (C=N–C) groups is 1. The van der Waals surface area contributed by atoms with Gasteiger partial charge in [0.1, 0.15) is 6.54 Å². The highest BCUT2D eigenvalue weighted by atomic mass is 127. The molecule has 10 heteroatoms. The normalized spacial score (nSPS) is 15.4. The van der Waals surface area contributed by atoms with Gasteiger partial charge in [-0.3, -0.25) is 4.79 Å². The van der Waals surface area contributed by atoms with E-state index >= 15 is 0 Å². The molecule has 0 fully saturated rings. The van der Waals surface area contributed by atoms with Gasteiger partial charge in [-0.2, -0.15) is 4.98 Å². The molecule has 1 aliphatic heterocycles. The van der Waals surface area contributed by atoms with Crippen LogP contribution in [0, 0.1) is 0 Å². The van der Waals surface area contributed by atoms with Gasteiger partial charge in [-0.15, -0.1) is 24.0 Å². The Kier molecular flexibility index (Phi) is 8.46. The molecule has 3 aromatic rings. The van der Waals surface area contributed by atoms with E-state index in [0.717, 1.165) is 16.8 Å². The maximum absolute atomic E-state index is 12.0. The van der Waals surface area contributed by atoms with Crippen molar-refractivity contribution < 1.29 is 9.32 Å². The number of hydrogen-bond acceptors (Lipinski definition) is 5. The summed E-state index contributed by atoms with van der Waals surface area (Å²) >= 11 is 6.03. The SMILES string of the molecule is CCNC(=NCc1nc(-c2cccc(Cl)c2)no1)NCC1CC(=O)Nc2ccccc21.I. The molecular weight excluding hydrogens is 543 g/mol. The second-order valence-electron chi connectivity index (χ2n) is 7.13. The summed E-state index contributed by atoms with van der Waals surface area (Å²) in [5.41, 5.74) is 2.77. The van der Waals surface area contributed by atoms with E-state index in [4.69, 9.17) is 16.1 Å². The maximum Gasteiger partial charge on any atom is 0.248 e. The summed E-state index contributed by atoms with van der Waals surface area (Å²) in [4.78, 5) is 21.0. The number of anilines is 1. The molecule has 1 unspecified atom stereocenters. The summed E-state index contributed by atoms with van der Waals surface area (Å²) in [6, 6.07) is 15.1. The third-order valence-corrected chi connectivity index (χ3v) is 5.13. The minimum Gasteiger partial charge on any atom is -0.357 e. The number of hydrogen-bond donors (Lipinski definition) is 3. The summed E-state index contributed by atoms with van der Waals surface area (Å²) in [5, 5.41) is 14.1. The van der Waals surface area contributed by atoms with Crippen LogP contribution in [-0.2, 0) is 11.3 Å². The Morgan fingerprint density at radius 1 is 1.25 bits per heavy atom. The minimum atomic E-state index is 0. The Bertz CT molecular complexity index is 1100. The van der Waals surface area contributed by atoms with E-state index in [9.17, 15) is 4.79 Å². The van der Waals surface area contributed by atoms with Gasteiger partial charge in [0.2, 0.25) is 17.6 Å². The number of guanidine groups is 1. The topological polar surface area (TPSA) is 104 Å². The van der Waals surface area contributed by atoms with Gasteiger partial charge >= 0.3 is 0 Å². The monoisotopic (exact) mass is 566 g/mol. The predicted molar refractivity (Wildman–Crippen MR) is 135 cm³/mol. The van der Waals surface area contributed by atoms with Crippen LogP contribution in [0.2, 0.25) is 5.02 Å². The highest BCUT2D eigenvalue weighted by Gasteiger charge is 2.24. The quantitative estimate of drug-likeness (QED) is 0.235. The van der Waals surface area contributed by atoms with Crippen molar-refractivity contribution >= 4 is 53.1 Å². The molecule has 3 N–H and O–H groups in total. The first-order valence-electron chi connectivity index (χ1n) is 10.1. The molecule has 0 spiro atoms. The van der Waals surface area contributed by atoms with Gasteiger partial charge in [0.05, 0.1) is 0 Å². The first-order chi connectivity index (χ1) is 15.1. The van der Waals surface area contributed by atoms with Crippen molar-refractivity contribution in [3.8, 4) is 11.4 Å². The van der Waals surface area contributed by atoms with Crippen molar-refractivity contribution in [1.29, 1.82) is 0 Å². The second-order valence-corrected chi connectivity index (χ2v) is 7.57. The minimum absolute atomic E-state index is 0. The molecule has 2 aromatic carbocycles. The summed E-state index contributed by atoms with van der Waals surface area (Å²) in [6.07, 6.45) is 0.427. The fourth-order valence-corrected chi connectivity index (χ4v) is 3.65. The van der Waals surface area contributed by atoms with Crippen LogP contribution >= 0.6 is 35.6 Å². The fourth-order valence-electron chi connectivity index (χ4n) is 3.46. The van der Waals surface area contributed by atoms with Crippen LogP contribution in [0.25, 0.3) is 11.4 Å². The molecule has 32 heavy (non-hydrogen) atoms. The number of rotatable bonds is 6. The number of benzene rings is 2. The Hall–Kier alpha value is -2.66. The van der Waals surface area contributed by atoms with Crippen molar-refractivity contribution in [2.24, 2.45) is 4.99 Å². The van der Waals surface area contributed by atoms with Crippen LogP contribution in [0.4, 0.5) is 5.69 Å². The molecule has 1 amide bonds. The fraction of sp³-hybridized carbons (Fsp3) is 0.273. The molecule has 8 nitrogen and oxygen atoms in total. The van der Waals surface area contributed by atoms with Crippen molar-refractivity contribution in [2.45, 2.75) is 25.8 Å². The van der Waals surface area contributed by atoms with Crippen LogP contribution in [0.3, 0.4) is 0 Å². The molecule has 0 saturated carbocycles. The van der Waals surface area contributed by atoms with Gasteiger partial charge < -0.3 is 20.5 Å². The Labute approximate surface area is 208 Å². The standard InChI is InChI=1S/C22H23ClN6O2.HI/c1-2-24-22(25-12-15-11-19(30)27-18-9-4-3-8-17(15)18)26-13-20-28-21(29-31-20)14-6-5-7-16(23)10-14;/h3-10,15H,2,11-13H2,1H3,(H,27,30)(H2,24,25,26);1H. The third kappa shape index (κ3) is 5.98. The first-order valence-corrected chi connectivity index (χ1v) is 10.5. The lowest BCUT2D eigenvalue weighted by molar-refractivity contribution is -0.116. The number of carbonyl (C=O) groups excluding carboxylic acids is 1. The molecule has 168 valence electrons. The maximum atomic E-state index is 12.0. The van der Waals surface area contributed by atoms with E-state index in [1.165, 1.54) is 0 Å². The largest absolute Gasteiger partial charge is 0.357 e. The van der Waals surface area contributed by atoms with Gasteiger partial charge in [-0.25, -0.2) is 4.99 Å². The van der Waals surface area contributed by atoms with Gasteiger partial charge in [-0.05, 0) is 30.7 Å². The number of para-hydroxylation sites is 1. The number of halogens is 2. The molecule has 0 radical (unpaired) electrons. The Morgan fingerprint density at radius 2 is 2.09 bits per heavy atom. The van der Waals surface area contributed by atoms with E-state index in [2.05, 4.69) is 31.1 Å². The lowest BCUT2D eigenvalue weighted by Gasteiger charge is -2.26. The molecule has 1 atom stereocenters. The molecule has 0 bridgehead atoms. The van der Waals surface area contributed by atoms with Crippen molar-refractivity contribution in [2.75, 3.05) is 18.4 Å². The molecule has 0 aliphatic carbocycles. The van der Waals surface area contributed by atoms with Crippen LogP contribution in [0.1, 0.15) is 30.7 Å². The third-order valence-electron chi connectivity index (χ3n) is 4.89. The summed E-state index contributed by atoms with van der Waals surface area (Å²) in [5.74, 6) is 1.57. The average molecular weight is 567 g/mol. The summed E-state index contributed by atoms with van der Waals surface area (Å²) in [7, 11) is 0. The number of amides is 1. The zero-order valence-electron chi connectivity index (χ0n) is 17.5. The van der Waals surface area contributed by atoms with Crippen LogP contribution < -0.4 is 16.0 Å². The molecular formula is C22H24ClIN6O2. The number of carbonyl (C=O) groups is 1. The second kappa shape index (κ2) is 11.3. The van der Waals surface area contributed by atoms with E-state index < -0.39 is 0 Å². The lowest BCUT2D eigenvalue weighted by atomic mass is 9.90. The van der Waals surface area contributed by atoms with E-state index in [1.807, 2.05) is 43.3 Å². The van der Waals surface area contributed by atoms with Gasteiger partial charge in [-0.1, -0.05) is 47.1 Å². The van der Waals surface area contributed by atoms with Crippen LogP contribution in [-0.4, -0.2) is 35.1 Å². The summed E-state index contributed by atoms with van der Waals surface area (Å²) < 4.78 is 5.32. The van der Waals surface area contributed by atoms with Gasteiger partial charge in [0, 0.05) is 41.7 Å². The van der Waals surface area contributed by atoms with Gasteiger partial charge in [0.15, 0.2) is 5.96 Å². The summed E-state index contributed by atoms with van der Waals surface area (Å²) in [6.45, 7) is 3.49. The zero-order valence-corrected chi connectivity index (χ0v) is 20.6. The Morgan fingerprint density at radius 3 is 2.91 bits per heavy atom. The lowest BCUT2D eigenvalue weighted by Crippen LogP contribution is -2.40. The van der Waals surface area contributed by atoms with Gasteiger partial charge in [0.25, 0.3) is 0 Å². The molecule has 0 saturated heterocycles. The highest BCUT2D eigenvalue weighted by Crippen LogP contribution is 2.31. The molecule has 2 heterocycles. The number of nitrogens with zero attached hydrogens (tertiary/aromatic N) is 3. The molecule has 1 aromatic heterocycles. The number of aromatic nitrogens is 2. The Balaban J connectivity index is 0.00000289. The predicted octanol–water partition coefficient (Wildman–Crippen LogP) is 4.19. The van der Waals surface area contributed by atoms with Crippen LogP contribution in [0.5, 0.6) is 0 Å². The zero-order chi connectivity index (χ0) is 21.6. The van der Waals surface area contributed by atoms with Crippen molar-refractivity contribution in [1.82, 2.24) is 20.8 Å². The molecule has 4 rings (SSSR count). The average Bonchev–Trinajstić information content (AvgIpc) is 3.24. The number of fused-ring (bicyclic) bond motifs is 1. The van der Waals surface area contributed by atoms with Crippen molar-refractivity contribution in [3.05, 3.63) is 65.0 Å². The van der Waals surface area contributed by atoms with E-state index in [0.29, 0.717) is 42.2 Å². The van der Waals surface area contributed by atoms with E-state index in [1.54, 1.807) is 12.1 Å². The first kappa shape index (κ1) is 24.0. The van der Waals surface area contributed by atoms with Crippen molar-refractivity contribution in [3.63, 3.8) is 0 Å². The number of nitrogens with one attached hydrogen (secondary N) is 3. The molecule has 1 aliphatic rings. The van der Waals surface area contributed by atoms with E-state index in [-0.39, 0.29) is 42.3 Å².